The Morgan fingerprint density at radius 3 is 1.33 bits per heavy atom. The van der Waals surface area contributed by atoms with E-state index >= 15 is 0 Å². The van der Waals surface area contributed by atoms with E-state index in [2.05, 4.69) is 0 Å². The smallest absolute Gasteiger partial charge is 0.398 e. The van der Waals surface area contributed by atoms with E-state index in [9.17, 15) is 0 Å². The van der Waals surface area contributed by atoms with Crippen molar-refractivity contribution in [3.63, 3.8) is 0 Å². The molecule has 0 aromatic heterocycles. The summed E-state index contributed by atoms with van der Waals surface area (Å²) in [4.78, 5) is 0. The van der Waals surface area contributed by atoms with Crippen molar-refractivity contribution in [1.29, 1.82) is 0 Å². The van der Waals surface area contributed by atoms with Crippen molar-refractivity contribution in [2.45, 2.75) is 25.9 Å². The Kier molecular flexibility index (Phi) is 6.84. The predicted molar refractivity (Wildman–Crippen MR) is 61.6 cm³/mol. The minimum Gasteiger partial charge on any atom is -0.398 e. The second-order valence-electron chi connectivity index (χ2n) is 3.04. The highest BCUT2D eigenvalue weighted by Crippen LogP contribution is 2.23. The van der Waals surface area contributed by atoms with Gasteiger partial charge in [0.15, 0.2) is 0 Å². The highest BCUT2D eigenvalue weighted by molar-refractivity contribution is 6.76. The molecule has 0 amide bonds. The van der Waals surface area contributed by atoms with Gasteiger partial charge in [0.05, 0.1) is 0 Å². The minimum absolute atomic E-state index is 0.838. The van der Waals surface area contributed by atoms with Crippen molar-refractivity contribution in [2.75, 3.05) is 28.4 Å². The summed E-state index contributed by atoms with van der Waals surface area (Å²) in [5.74, 6) is 0. The zero-order valence-electron chi connectivity index (χ0n) is 10.5. The highest BCUT2D eigenvalue weighted by atomic mass is 28.5. The zero-order chi connectivity index (χ0) is 11.9. The van der Waals surface area contributed by atoms with Crippen LogP contribution in [-0.4, -0.2) is 46.0 Å². The van der Waals surface area contributed by atoms with E-state index in [0.717, 1.165) is 12.1 Å². The van der Waals surface area contributed by atoms with Gasteiger partial charge in [0.1, 0.15) is 0 Å². The normalized spacial score (nSPS) is 13.2. The lowest BCUT2D eigenvalue weighted by Gasteiger charge is -2.34. The van der Waals surface area contributed by atoms with Gasteiger partial charge in [0.25, 0.3) is 0 Å². The maximum Gasteiger partial charge on any atom is 0.669 e. The molecule has 0 aromatic rings. The first-order valence-electron chi connectivity index (χ1n) is 4.98. The molecule has 92 valence electrons. The van der Waals surface area contributed by atoms with Crippen LogP contribution in [0.5, 0.6) is 0 Å². The maximum atomic E-state index is 5.91. The lowest BCUT2D eigenvalue weighted by Crippen LogP contribution is -2.56. The molecule has 0 aliphatic heterocycles. The molecule has 0 radical (unpaired) electrons. The average Bonchev–Trinajstić information content (AvgIpc) is 2.33. The Morgan fingerprint density at radius 2 is 1.13 bits per heavy atom. The molecule has 0 aromatic carbocycles. The summed E-state index contributed by atoms with van der Waals surface area (Å²) in [7, 11) is 1.04. The van der Waals surface area contributed by atoms with Crippen LogP contribution < -0.4 is 0 Å². The minimum atomic E-state index is -2.98. The van der Waals surface area contributed by atoms with E-state index in [4.69, 9.17) is 21.8 Å². The lowest BCUT2D eigenvalue weighted by atomic mass is 10.9. The number of rotatable bonds is 8. The SMILES string of the molecule is CC[Si](CC)(OC)O[Si](OC)(OC)OC. The van der Waals surface area contributed by atoms with Gasteiger partial charge in [-0.25, -0.2) is 0 Å². The summed E-state index contributed by atoms with van der Waals surface area (Å²) in [6, 6.07) is 1.68. The van der Waals surface area contributed by atoms with Crippen molar-refractivity contribution in [3.05, 3.63) is 0 Å². The van der Waals surface area contributed by atoms with Crippen LogP contribution in [0.1, 0.15) is 13.8 Å². The monoisotopic (exact) mass is 254 g/mol. The Labute approximate surface area is 94.4 Å². The van der Waals surface area contributed by atoms with Crippen molar-refractivity contribution in [1.82, 2.24) is 0 Å². The molecular formula is C8H22O5Si2. The molecule has 0 heterocycles. The molecule has 0 unspecified atom stereocenters. The predicted octanol–water partition coefficient (Wildman–Crippen LogP) is 1.51. The van der Waals surface area contributed by atoms with Crippen LogP contribution in [0.3, 0.4) is 0 Å². The van der Waals surface area contributed by atoms with Crippen molar-refractivity contribution in [3.8, 4) is 0 Å². The maximum absolute atomic E-state index is 5.91. The molecular weight excluding hydrogens is 232 g/mol. The average molecular weight is 254 g/mol. The Morgan fingerprint density at radius 1 is 0.733 bits per heavy atom. The van der Waals surface area contributed by atoms with Gasteiger partial charge in [-0.05, 0) is 12.1 Å². The molecule has 0 saturated carbocycles. The third kappa shape index (κ3) is 3.63. The first-order valence-corrected chi connectivity index (χ1v) is 8.84. The second-order valence-corrected chi connectivity index (χ2v) is 9.72. The van der Waals surface area contributed by atoms with E-state index in [1.807, 2.05) is 13.8 Å². The Bertz CT molecular complexity index is 136. The van der Waals surface area contributed by atoms with Crippen LogP contribution in [0, 0.1) is 0 Å². The molecule has 0 spiro atoms. The van der Waals surface area contributed by atoms with E-state index in [1.54, 1.807) is 7.11 Å². The second kappa shape index (κ2) is 6.74. The van der Waals surface area contributed by atoms with E-state index in [1.165, 1.54) is 21.3 Å². The number of hydrogen-bond acceptors (Lipinski definition) is 5. The Hall–Kier alpha value is 0.234. The molecule has 0 saturated heterocycles. The van der Waals surface area contributed by atoms with E-state index in [-0.39, 0.29) is 0 Å². The van der Waals surface area contributed by atoms with Gasteiger partial charge in [-0.3, -0.25) is 0 Å². The van der Waals surface area contributed by atoms with E-state index < -0.39 is 17.6 Å². The van der Waals surface area contributed by atoms with Gasteiger partial charge in [0.2, 0.25) is 0 Å². The molecule has 0 fully saturated rings. The standard InChI is InChI=1S/C8H22O5Si2/c1-7-14(8-2,9-3)13-15(10-4,11-5)12-6/h7-8H2,1-6H3. The molecule has 0 rings (SSSR count). The summed E-state index contributed by atoms with van der Waals surface area (Å²) in [5.41, 5.74) is 0. The summed E-state index contributed by atoms with van der Waals surface area (Å²) in [6.45, 7) is 4.08. The molecule has 0 N–H and O–H groups in total. The fourth-order valence-electron chi connectivity index (χ4n) is 1.33. The lowest BCUT2D eigenvalue weighted by molar-refractivity contribution is 0.0360. The van der Waals surface area contributed by atoms with Crippen molar-refractivity contribution < 1.29 is 21.8 Å². The number of hydrogen-bond donors (Lipinski definition) is 0. The van der Waals surface area contributed by atoms with Gasteiger partial charge in [-0.2, -0.15) is 0 Å². The third-order valence-corrected chi connectivity index (χ3v) is 9.40. The fraction of sp³-hybridized carbons (Fsp3) is 1.00. The van der Waals surface area contributed by atoms with Gasteiger partial charge in [-0.15, -0.1) is 0 Å². The quantitative estimate of drug-likeness (QED) is 0.614. The fourth-order valence-corrected chi connectivity index (χ4v) is 7.22. The van der Waals surface area contributed by atoms with Crippen LogP contribution in [0.15, 0.2) is 0 Å². The third-order valence-electron chi connectivity index (χ3n) is 2.51. The summed E-state index contributed by atoms with van der Waals surface area (Å²) < 4.78 is 27.1. The molecule has 5 nitrogen and oxygen atoms in total. The zero-order valence-corrected chi connectivity index (χ0v) is 12.5. The van der Waals surface area contributed by atoms with E-state index in [0.29, 0.717) is 0 Å². The van der Waals surface area contributed by atoms with Crippen LogP contribution in [0.4, 0.5) is 0 Å². The Balaban J connectivity index is 4.74. The van der Waals surface area contributed by atoms with Gasteiger partial charge < -0.3 is 21.8 Å². The van der Waals surface area contributed by atoms with Crippen LogP contribution in [0.25, 0.3) is 0 Å². The van der Waals surface area contributed by atoms with Crippen LogP contribution in [-0.2, 0) is 21.8 Å². The van der Waals surface area contributed by atoms with Crippen LogP contribution in [0.2, 0.25) is 12.1 Å². The molecule has 0 aliphatic carbocycles. The van der Waals surface area contributed by atoms with Gasteiger partial charge in [0, 0.05) is 28.4 Å². The first kappa shape index (κ1) is 15.2. The van der Waals surface area contributed by atoms with Gasteiger partial charge in [-0.1, -0.05) is 13.8 Å². The van der Waals surface area contributed by atoms with Crippen molar-refractivity contribution in [2.24, 2.45) is 0 Å². The van der Waals surface area contributed by atoms with Crippen molar-refractivity contribution >= 4 is 17.6 Å². The molecule has 0 atom stereocenters. The largest absolute Gasteiger partial charge is 0.669 e. The summed E-state index contributed by atoms with van der Waals surface area (Å²) >= 11 is 0. The first-order chi connectivity index (χ1) is 7.07. The molecule has 15 heavy (non-hydrogen) atoms. The molecule has 0 bridgehead atoms. The molecule has 0 aliphatic rings. The van der Waals surface area contributed by atoms with Crippen LogP contribution >= 0.6 is 0 Å². The summed E-state index contributed by atoms with van der Waals surface area (Å²) in [6.07, 6.45) is 0. The molecule has 7 heteroatoms. The highest BCUT2D eigenvalue weighted by Gasteiger charge is 2.51. The summed E-state index contributed by atoms with van der Waals surface area (Å²) in [5, 5.41) is 0. The topological polar surface area (TPSA) is 46.2 Å². The van der Waals surface area contributed by atoms with Gasteiger partial charge >= 0.3 is 17.6 Å².